The minimum atomic E-state index is -0.256. The van der Waals surface area contributed by atoms with Crippen molar-refractivity contribution in [2.45, 2.75) is 39.2 Å². The summed E-state index contributed by atoms with van der Waals surface area (Å²) < 4.78 is 6.87. The molecular formula is C24H25N3O3. The molecule has 30 heavy (non-hydrogen) atoms. The first-order valence-corrected chi connectivity index (χ1v) is 10.2. The van der Waals surface area contributed by atoms with Crippen LogP contribution in [0, 0.1) is 13.8 Å². The number of hydrogen-bond acceptors (Lipinski definition) is 4. The van der Waals surface area contributed by atoms with Crippen LogP contribution in [0.4, 0.5) is 0 Å². The smallest absolute Gasteiger partial charge is 0.271 e. The highest BCUT2D eigenvalue weighted by Crippen LogP contribution is 2.29. The molecule has 2 aromatic carbocycles. The second-order valence-corrected chi connectivity index (χ2v) is 7.69. The Morgan fingerprint density at radius 2 is 1.97 bits per heavy atom. The third-order valence-corrected chi connectivity index (χ3v) is 5.57. The Bertz CT molecular complexity index is 1140. The third-order valence-electron chi connectivity index (χ3n) is 5.57. The molecule has 0 spiro atoms. The van der Waals surface area contributed by atoms with Crippen molar-refractivity contribution in [3.63, 3.8) is 0 Å². The minimum Gasteiger partial charge on any atom is -0.467 e. The van der Waals surface area contributed by atoms with Crippen LogP contribution in [0.15, 0.2) is 59.4 Å². The van der Waals surface area contributed by atoms with Crippen LogP contribution in [0.3, 0.4) is 0 Å². The fourth-order valence-corrected chi connectivity index (χ4v) is 3.79. The molecular weight excluding hydrogens is 378 g/mol. The highest BCUT2D eigenvalue weighted by Gasteiger charge is 2.21. The Hall–Kier alpha value is -3.41. The molecule has 0 bridgehead atoms. The van der Waals surface area contributed by atoms with Gasteiger partial charge in [0.2, 0.25) is 5.88 Å². The minimum absolute atomic E-state index is 0.00324. The van der Waals surface area contributed by atoms with Crippen LogP contribution in [0.2, 0.25) is 0 Å². The van der Waals surface area contributed by atoms with E-state index in [9.17, 15) is 9.59 Å². The number of aryl methyl sites for hydroxylation is 3. The lowest BCUT2D eigenvalue weighted by Gasteiger charge is -2.26. The monoisotopic (exact) mass is 403 g/mol. The molecule has 3 aromatic rings. The maximum atomic E-state index is 12.5. The fraction of sp³-hybridized carbons (Fsp3) is 0.292. The van der Waals surface area contributed by atoms with Crippen molar-refractivity contribution in [1.29, 1.82) is 0 Å². The molecule has 1 amide bonds. The molecule has 4 rings (SSSR count). The molecule has 6 nitrogen and oxygen atoms in total. The van der Waals surface area contributed by atoms with E-state index in [1.165, 1.54) is 27.9 Å². The zero-order chi connectivity index (χ0) is 21.1. The Morgan fingerprint density at radius 3 is 2.80 bits per heavy atom. The normalized spacial score (nSPS) is 15.3. The van der Waals surface area contributed by atoms with Gasteiger partial charge < -0.3 is 10.1 Å². The number of amides is 1. The van der Waals surface area contributed by atoms with Crippen molar-refractivity contribution in [1.82, 2.24) is 15.1 Å². The van der Waals surface area contributed by atoms with Crippen LogP contribution in [-0.4, -0.2) is 22.3 Å². The van der Waals surface area contributed by atoms with E-state index in [4.69, 9.17) is 4.74 Å². The molecule has 1 aromatic heterocycles. The van der Waals surface area contributed by atoms with Gasteiger partial charge in [0.15, 0.2) is 6.61 Å². The van der Waals surface area contributed by atoms with Crippen molar-refractivity contribution in [2.24, 2.45) is 0 Å². The number of nitrogens with zero attached hydrogens (tertiary/aromatic N) is 2. The average Bonchev–Trinajstić information content (AvgIpc) is 2.75. The number of hydrogen-bond donors (Lipinski definition) is 1. The van der Waals surface area contributed by atoms with E-state index in [0.29, 0.717) is 5.69 Å². The van der Waals surface area contributed by atoms with Crippen LogP contribution < -0.4 is 15.6 Å². The molecule has 6 heteroatoms. The maximum absolute atomic E-state index is 12.5. The molecule has 0 fully saturated rings. The lowest BCUT2D eigenvalue weighted by Crippen LogP contribution is -2.34. The summed E-state index contributed by atoms with van der Waals surface area (Å²) in [4.78, 5) is 24.7. The summed E-state index contributed by atoms with van der Waals surface area (Å²) in [5, 5.41) is 7.33. The van der Waals surface area contributed by atoms with Crippen molar-refractivity contribution in [2.75, 3.05) is 6.61 Å². The molecule has 1 heterocycles. The fourth-order valence-electron chi connectivity index (χ4n) is 3.79. The van der Waals surface area contributed by atoms with Crippen LogP contribution in [-0.2, 0) is 11.2 Å². The number of aromatic nitrogens is 2. The molecule has 1 atom stereocenters. The van der Waals surface area contributed by atoms with E-state index in [1.807, 2.05) is 44.2 Å². The highest BCUT2D eigenvalue weighted by molar-refractivity contribution is 5.78. The van der Waals surface area contributed by atoms with Gasteiger partial charge in [0.1, 0.15) is 0 Å². The number of benzene rings is 2. The first-order chi connectivity index (χ1) is 14.5. The summed E-state index contributed by atoms with van der Waals surface area (Å²) in [5.41, 5.74) is 5.08. The molecule has 0 aliphatic heterocycles. The molecule has 154 valence electrons. The number of ether oxygens (including phenoxy) is 1. The van der Waals surface area contributed by atoms with E-state index in [2.05, 4.69) is 22.5 Å². The van der Waals surface area contributed by atoms with Gasteiger partial charge in [-0.15, -0.1) is 5.10 Å². The van der Waals surface area contributed by atoms with Crippen molar-refractivity contribution in [3.8, 4) is 11.6 Å². The molecule has 0 saturated carbocycles. The van der Waals surface area contributed by atoms with Gasteiger partial charge in [0.05, 0.1) is 11.7 Å². The highest BCUT2D eigenvalue weighted by atomic mass is 16.5. The lowest BCUT2D eigenvalue weighted by molar-refractivity contribution is -0.124. The van der Waals surface area contributed by atoms with Gasteiger partial charge >= 0.3 is 0 Å². The SMILES string of the molecule is Cc1ccc(-n2nc(OCC(=O)NC3CCCc4ccccc43)ccc2=O)cc1C. The molecule has 0 radical (unpaired) electrons. The summed E-state index contributed by atoms with van der Waals surface area (Å²) in [5.74, 6) is 0.0226. The van der Waals surface area contributed by atoms with E-state index in [1.54, 1.807) is 0 Å². The lowest BCUT2D eigenvalue weighted by atomic mass is 9.88. The zero-order valence-electron chi connectivity index (χ0n) is 17.2. The first kappa shape index (κ1) is 19.9. The van der Waals surface area contributed by atoms with Gasteiger partial charge in [0.25, 0.3) is 11.5 Å². The molecule has 1 aliphatic carbocycles. The van der Waals surface area contributed by atoms with E-state index < -0.39 is 0 Å². The van der Waals surface area contributed by atoms with Gasteiger partial charge in [-0.1, -0.05) is 30.3 Å². The van der Waals surface area contributed by atoms with Crippen LogP contribution in [0.1, 0.15) is 41.1 Å². The summed E-state index contributed by atoms with van der Waals surface area (Å²) in [6.07, 6.45) is 3.01. The van der Waals surface area contributed by atoms with Gasteiger partial charge in [-0.25, -0.2) is 0 Å². The summed E-state index contributed by atoms with van der Waals surface area (Å²) in [6.45, 7) is 3.84. The Balaban J connectivity index is 1.44. The molecule has 1 N–H and O–H groups in total. The van der Waals surface area contributed by atoms with E-state index in [0.717, 1.165) is 30.4 Å². The van der Waals surface area contributed by atoms with E-state index in [-0.39, 0.29) is 30.0 Å². The van der Waals surface area contributed by atoms with Crippen molar-refractivity contribution >= 4 is 5.91 Å². The van der Waals surface area contributed by atoms with E-state index >= 15 is 0 Å². The maximum Gasteiger partial charge on any atom is 0.271 e. The summed E-state index contributed by atoms with van der Waals surface area (Å²) >= 11 is 0. The van der Waals surface area contributed by atoms with Crippen LogP contribution >= 0.6 is 0 Å². The van der Waals surface area contributed by atoms with Crippen molar-refractivity contribution in [3.05, 3.63) is 87.2 Å². The number of carbonyl (C=O) groups excluding carboxylic acids is 1. The number of rotatable bonds is 5. The standard InChI is InChI=1S/C24H25N3O3/c1-16-10-11-19(14-17(16)2)27-24(29)13-12-23(26-27)30-15-22(28)25-21-9-5-7-18-6-3-4-8-20(18)21/h3-4,6,8,10-14,21H,5,7,9,15H2,1-2H3,(H,25,28). The zero-order valence-corrected chi connectivity index (χ0v) is 17.2. The predicted octanol–water partition coefficient (Wildman–Crippen LogP) is 3.42. The summed E-state index contributed by atoms with van der Waals surface area (Å²) in [6, 6.07) is 16.8. The average molecular weight is 403 g/mol. The number of carbonyl (C=O) groups is 1. The van der Waals surface area contributed by atoms with Gasteiger partial charge in [-0.3, -0.25) is 9.59 Å². The Labute approximate surface area is 175 Å². The number of nitrogens with one attached hydrogen (secondary N) is 1. The Kier molecular flexibility index (Phi) is 5.65. The molecule has 1 unspecified atom stereocenters. The second kappa shape index (κ2) is 8.53. The largest absolute Gasteiger partial charge is 0.467 e. The van der Waals surface area contributed by atoms with Gasteiger partial charge in [-0.05, 0) is 67.5 Å². The third kappa shape index (κ3) is 4.27. The topological polar surface area (TPSA) is 73.2 Å². The predicted molar refractivity (Wildman–Crippen MR) is 115 cm³/mol. The van der Waals surface area contributed by atoms with Gasteiger partial charge in [-0.2, -0.15) is 4.68 Å². The number of fused-ring (bicyclic) bond motifs is 1. The second-order valence-electron chi connectivity index (χ2n) is 7.69. The van der Waals surface area contributed by atoms with Gasteiger partial charge in [0, 0.05) is 12.1 Å². The van der Waals surface area contributed by atoms with Crippen LogP contribution in [0.25, 0.3) is 5.69 Å². The molecule has 1 aliphatic rings. The van der Waals surface area contributed by atoms with Crippen LogP contribution in [0.5, 0.6) is 5.88 Å². The first-order valence-electron chi connectivity index (χ1n) is 10.2. The Morgan fingerprint density at radius 1 is 1.13 bits per heavy atom. The van der Waals surface area contributed by atoms with Crippen molar-refractivity contribution < 1.29 is 9.53 Å². The quantitative estimate of drug-likeness (QED) is 0.708. The summed E-state index contributed by atoms with van der Waals surface area (Å²) in [7, 11) is 0. The molecule has 0 saturated heterocycles.